The Morgan fingerprint density at radius 2 is 0.789 bits per heavy atom. The van der Waals surface area contributed by atoms with Crippen LogP contribution in [0, 0.1) is 5.21 Å². The zero-order chi connectivity index (χ0) is 15.0. The molecule has 0 aromatic rings. The molecule has 118 valence electrons. The zero-order valence-electron chi connectivity index (χ0n) is 13.9. The molecule has 0 unspecified atom stereocenters. The zero-order valence-corrected chi connectivity index (χ0v) is 13.9. The molecule has 0 aromatic carbocycles. The maximum atomic E-state index is 7.75. The Hall–Kier alpha value is -0.120. The molecule has 0 rings (SSSR count). The molecule has 3 heteroatoms. The van der Waals surface area contributed by atoms with Crippen LogP contribution in [-0.2, 0) is 0 Å². The van der Waals surface area contributed by atoms with Crippen molar-refractivity contribution < 1.29 is 4.48 Å². The second-order valence-corrected chi connectivity index (χ2v) is 5.65. The van der Waals surface area contributed by atoms with Crippen LogP contribution in [0.2, 0.25) is 0 Å². The molecule has 0 heterocycles. The Kier molecular flexibility index (Phi) is 17.8. The van der Waals surface area contributed by atoms with Gasteiger partial charge in [-0.2, -0.15) is 0 Å². The summed E-state index contributed by atoms with van der Waals surface area (Å²) in [4.78, 5) is 0. The first-order chi connectivity index (χ1) is 9.24. The van der Waals surface area contributed by atoms with Crippen molar-refractivity contribution in [1.29, 1.82) is 0 Å². The molecule has 2 N–H and O–H groups in total. The minimum Gasteiger partial charge on any atom is -0.790 e. The van der Waals surface area contributed by atoms with Gasteiger partial charge in [-0.15, -0.1) is 0 Å². The molecule has 0 amide bonds. The summed E-state index contributed by atoms with van der Waals surface area (Å²) in [6.45, 7) is 15.0. The van der Waals surface area contributed by atoms with Gasteiger partial charge in [0.1, 0.15) is 0 Å². The molecular weight excluding hydrogens is 236 g/mol. The minimum atomic E-state index is 1.35. The van der Waals surface area contributed by atoms with Crippen LogP contribution in [-0.4, -0.2) is 30.7 Å². The lowest BCUT2D eigenvalue weighted by Gasteiger charge is -2.39. The van der Waals surface area contributed by atoms with Crippen LogP contribution < -0.4 is 5.90 Å². The average molecular weight is 274 g/mol. The van der Waals surface area contributed by atoms with Gasteiger partial charge < -0.3 is 15.6 Å². The van der Waals surface area contributed by atoms with E-state index in [9.17, 15) is 0 Å². The number of nitrogens with zero attached hydrogens (tertiary/aromatic N) is 1. The third kappa shape index (κ3) is 11.4. The van der Waals surface area contributed by atoms with Crippen molar-refractivity contribution in [3.8, 4) is 0 Å². The van der Waals surface area contributed by atoms with E-state index in [-0.39, 0.29) is 0 Å². The van der Waals surface area contributed by atoms with Gasteiger partial charge in [0.15, 0.2) is 0 Å². The van der Waals surface area contributed by atoms with E-state index in [1.54, 1.807) is 0 Å². The van der Waals surface area contributed by atoms with Gasteiger partial charge in [-0.1, -0.05) is 53.4 Å². The Bertz CT molecular complexity index is 125. The maximum Gasteiger partial charge on any atom is 0.0786 e. The van der Waals surface area contributed by atoms with Crippen LogP contribution in [0.1, 0.15) is 79.1 Å². The Morgan fingerprint density at radius 1 is 0.579 bits per heavy atom. The molecular formula is C16H38N2O. The van der Waals surface area contributed by atoms with E-state index in [0.29, 0.717) is 0 Å². The third-order valence-electron chi connectivity index (χ3n) is 3.94. The summed E-state index contributed by atoms with van der Waals surface area (Å²) in [5.74, 6) is 3.25. The number of rotatable bonds is 12. The van der Waals surface area contributed by atoms with Crippen molar-refractivity contribution in [3.05, 3.63) is 5.21 Å². The van der Waals surface area contributed by atoms with E-state index in [0.717, 1.165) is 0 Å². The lowest BCUT2D eigenvalue weighted by atomic mass is 10.1. The summed E-state index contributed by atoms with van der Waals surface area (Å²) in [6, 6.07) is 0. The van der Waals surface area contributed by atoms with E-state index in [1.165, 1.54) is 82.0 Å². The van der Waals surface area contributed by atoms with Gasteiger partial charge in [-0.25, -0.2) is 0 Å². The highest BCUT2D eigenvalue weighted by molar-refractivity contribution is 4.49. The monoisotopic (exact) mass is 274 g/mol. The first-order valence-electron chi connectivity index (χ1n) is 8.33. The summed E-state index contributed by atoms with van der Waals surface area (Å²) < 4.78 is 1.42. The topological polar surface area (TPSA) is 49.1 Å². The van der Waals surface area contributed by atoms with Crippen molar-refractivity contribution >= 4 is 0 Å². The lowest BCUT2D eigenvalue weighted by Crippen LogP contribution is -2.50. The lowest BCUT2D eigenvalue weighted by molar-refractivity contribution is -0.929. The smallest absolute Gasteiger partial charge is 0.0786 e. The summed E-state index contributed by atoms with van der Waals surface area (Å²) in [7, 11) is 0. The fraction of sp³-hybridized carbons (Fsp3) is 1.00. The first kappa shape index (κ1) is 21.2. The number of hydrogen-bond donors (Lipinski definition) is 1. The van der Waals surface area contributed by atoms with Crippen LogP contribution in [0.15, 0.2) is 0 Å². The Balaban J connectivity index is 0. The SMILES string of the molecule is CCCC[N+](CCCC)(CCCC)CCCC.N[O-]. The van der Waals surface area contributed by atoms with Crippen LogP contribution in [0.5, 0.6) is 0 Å². The Morgan fingerprint density at radius 3 is 0.947 bits per heavy atom. The molecule has 0 aliphatic carbocycles. The average Bonchev–Trinajstić information content (AvgIpc) is 2.48. The number of unbranched alkanes of at least 4 members (excludes halogenated alkanes) is 4. The second-order valence-electron chi connectivity index (χ2n) is 5.65. The van der Waals surface area contributed by atoms with Crippen molar-refractivity contribution in [2.45, 2.75) is 79.1 Å². The van der Waals surface area contributed by atoms with E-state index in [2.05, 4.69) is 33.6 Å². The van der Waals surface area contributed by atoms with Crippen LogP contribution in [0.3, 0.4) is 0 Å². The molecule has 0 atom stereocenters. The third-order valence-corrected chi connectivity index (χ3v) is 3.94. The molecule has 0 radical (unpaired) electrons. The molecule has 0 saturated heterocycles. The van der Waals surface area contributed by atoms with E-state index < -0.39 is 0 Å². The summed E-state index contributed by atoms with van der Waals surface area (Å²) in [6.07, 6.45) is 11.1. The van der Waals surface area contributed by atoms with Gasteiger partial charge in [0.25, 0.3) is 0 Å². The summed E-state index contributed by atoms with van der Waals surface area (Å²) in [5.41, 5.74) is 0. The first-order valence-corrected chi connectivity index (χ1v) is 8.33. The van der Waals surface area contributed by atoms with Crippen molar-refractivity contribution in [3.63, 3.8) is 0 Å². The minimum absolute atomic E-state index is 1.35. The fourth-order valence-electron chi connectivity index (χ4n) is 2.64. The van der Waals surface area contributed by atoms with Crippen LogP contribution in [0.25, 0.3) is 0 Å². The quantitative estimate of drug-likeness (QED) is 0.422. The molecule has 0 aliphatic heterocycles. The highest BCUT2D eigenvalue weighted by Gasteiger charge is 2.24. The second kappa shape index (κ2) is 15.9. The maximum absolute atomic E-state index is 7.75. The van der Waals surface area contributed by atoms with Crippen molar-refractivity contribution in [2.24, 2.45) is 5.90 Å². The Labute approximate surface area is 121 Å². The summed E-state index contributed by atoms with van der Waals surface area (Å²) in [5, 5.41) is 7.75. The fourth-order valence-corrected chi connectivity index (χ4v) is 2.64. The number of hydrogen-bond acceptors (Lipinski definition) is 2. The van der Waals surface area contributed by atoms with Crippen molar-refractivity contribution in [2.75, 3.05) is 26.2 Å². The highest BCUT2D eigenvalue weighted by atomic mass is 16.4. The van der Waals surface area contributed by atoms with Gasteiger partial charge in [-0.05, 0) is 25.7 Å². The number of quaternary nitrogens is 1. The van der Waals surface area contributed by atoms with Gasteiger partial charge in [0, 0.05) is 0 Å². The highest BCUT2D eigenvalue weighted by Crippen LogP contribution is 2.16. The molecule has 0 bridgehead atoms. The van der Waals surface area contributed by atoms with E-state index >= 15 is 0 Å². The molecule has 3 nitrogen and oxygen atoms in total. The van der Waals surface area contributed by atoms with Gasteiger partial charge in [0.2, 0.25) is 0 Å². The predicted molar refractivity (Wildman–Crippen MR) is 86.9 cm³/mol. The van der Waals surface area contributed by atoms with E-state index in [1.807, 2.05) is 0 Å². The molecule has 0 aromatic heterocycles. The van der Waals surface area contributed by atoms with Gasteiger partial charge in [0.05, 0.1) is 26.2 Å². The van der Waals surface area contributed by atoms with Crippen LogP contribution >= 0.6 is 0 Å². The predicted octanol–water partition coefficient (Wildman–Crippen LogP) is 4.45. The summed E-state index contributed by atoms with van der Waals surface area (Å²) >= 11 is 0. The molecule has 0 aliphatic rings. The molecule has 0 spiro atoms. The van der Waals surface area contributed by atoms with Crippen molar-refractivity contribution in [1.82, 2.24) is 0 Å². The molecule has 0 fully saturated rings. The van der Waals surface area contributed by atoms with Crippen LogP contribution in [0.4, 0.5) is 0 Å². The number of nitrogens with two attached hydrogens (primary N) is 1. The molecule has 19 heavy (non-hydrogen) atoms. The molecule has 0 saturated carbocycles. The van der Waals surface area contributed by atoms with E-state index in [4.69, 9.17) is 5.21 Å². The largest absolute Gasteiger partial charge is 0.790 e. The van der Waals surface area contributed by atoms with Gasteiger partial charge in [-0.3, -0.25) is 0 Å². The standard InChI is InChI=1S/C16H36N.H2NO/c1-5-9-13-17(14-10-6-2,15-11-7-3)16-12-8-4;1-2/h5-16H2,1-4H3;1H2/q+1;-1. The van der Waals surface area contributed by atoms with Gasteiger partial charge >= 0.3 is 0 Å². The normalized spacial score (nSPS) is 11.1.